The summed E-state index contributed by atoms with van der Waals surface area (Å²) in [6.45, 7) is 5.75. The average Bonchev–Trinajstić information content (AvgIpc) is 2.68. The van der Waals surface area contributed by atoms with Crippen molar-refractivity contribution in [2.24, 2.45) is 11.3 Å². The predicted octanol–water partition coefficient (Wildman–Crippen LogP) is 3.06. The lowest BCUT2D eigenvalue weighted by atomic mass is 9.76. The number of carbonyl (C=O) groups excluding carboxylic acids is 2. The summed E-state index contributed by atoms with van der Waals surface area (Å²) >= 11 is 6.05. The molecule has 1 atom stereocenters. The van der Waals surface area contributed by atoms with Gasteiger partial charge in [-0.3, -0.25) is 9.59 Å². The summed E-state index contributed by atoms with van der Waals surface area (Å²) in [5, 5.41) is 3.04. The number of likely N-dealkylation sites (tertiary alicyclic amines) is 1. The quantitative estimate of drug-likeness (QED) is 0.838. The van der Waals surface area contributed by atoms with Gasteiger partial charge in [-0.2, -0.15) is 0 Å². The maximum Gasteiger partial charge on any atom is 0.258 e. The van der Waals surface area contributed by atoms with Crippen LogP contribution in [0.25, 0.3) is 0 Å². The first kappa shape index (κ1) is 16.7. The molecule has 1 aliphatic carbocycles. The van der Waals surface area contributed by atoms with Crippen molar-refractivity contribution in [3.05, 3.63) is 52.1 Å². The molecule has 3 rings (SSSR count). The van der Waals surface area contributed by atoms with E-state index < -0.39 is 5.41 Å². The van der Waals surface area contributed by atoms with Crippen LogP contribution in [0.15, 0.2) is 35.7 Å². The molecule has 2 aliphatic rings. The second-order valence-corrected chi connectivity index (χ2v) is 7.21. The number of aryl methyl sites for hydroxylation is 1. The van der Waals surface area contributed by atoms with E-state index in [0.717, 1.165) is 11.4 Å². The van der Waals surface area contributed by atoms with Crippen molar-refractivity contribution in [2.75, 3.05) is 7.05 Å². The normalized spacial score (nSPS) is 22.0. The number of hydrogen-bond donors (Lipinski definition) is 1. The predicted molar refractivity (Wildman–Crippen MR) is 92.3 cm³/mol. The fraction of sp³-hybridized carbons (Fsp3) is 0.389. The van der Waals surface area contributed by atoms with Crippen LogP contribution < -0.4 is 5.32 Å². The highest BCUT2D eigenvalue weighted by Crippen LogP contribution is 2.46. The molecule has 5 nitrogen and oxygen atoms in total. The molecule has 0 aromatic carbocycles. The Morgan fingerprint density at radius 1 is 1.42 bits per heavy atom. The minimum atomic E-state index is -0.420. The third kappa shape index (κ3) is 2.63. The van der Waals surface area contributed by atoms with Crippen molar-refractivity contribution in [1.82, 2.24) is 15.2 Å². The van der Waals surface area contributed by atoms with E-state index in [0.29, 0.717) is 17.7 Å². The third-order valence-corrected chi connectivity index (χ3v) is 5.13. The van der Waals surface area contributed by atoms with E-state index in [2.05, 4.69) is 10.3 Å². The van der Waals surface area contributed by atoms with E-state index in [4.69, 9.17) is 11.6 Å². The van der Waals surface area contributed by atoms with E-state index in [9.17, 15) is 9.59 Å². The number of nitrogens with zero attached hydrogens (tertiary/aromatic N) is 2. The number of fused-ring (bicyclic) bond motifs is 1. The highest BCUT2D eigenvalue weighted by Gasteiger charge is 2.49. The van der Waals surface area contributed by atoms with Crippen molar-refractivity contribution in [1.29, 1.82) is 0 Å². The average molecular weight is 346 g/mol. The topological polar surface area (TPSA) is 62.3 Å². The summed E-state index contributed by atoms with van der Waals surface area (Å²) < 4.78 is 0. The van der Waals surface area contributed by atoms with Gasteiger partial charge in [0.1, 0.15) is 5.15 Å². The fourth-order valence-electron chi connectivity index (χ4n) is 3.36. The molecule has 0 radical (unpaired) electrons. The van der Waals surface area contributed by atoms with Gasteiger partial charge in [0, 0.05) is 30.1 Å². The monoisotopic (exact) mass is 345 g/mol. The maximum atomic E-state index is 12.4. The van der Waals surface area contributed by atoms with Crippen LogP contribution in [0.5, 0.6) is 0 Å². The first-order valence-electron chi connectivity index (χ1n) is 7.86. The lowest BCUT2D eigenvalue weighted by Gasteiger charge is -2.25. The highest BCUT2D eigenvalue weighted by molar-refractivity contribution is 6.32. The summed E-state index contributed by atoms with van der Waals surface area (Å²) in [4.78, 5) is 30.6. The molecule has 1 saturated heterocycles. The number of nitrogens with one attached hydrogen (secondary N) is 1. The van der Waals surface area contributed by atoms with Gasteiger partial charge in [0.15, 0.2) is 0 Å². The number of rotatable bonds is 2. The third-order valence-electron chi connectivity index (χ3n) is 4.84. The van der Waals surface area contributed by atoms with Gasteiger partial charge >= 0.3 is 0 Å². The zero-order valence-corrected chi connectivity index (χ0v) is 14.9. The van der Waals surface area contributed by atoms with Crippen LogP contribution in [0, 0.1) is 18.3 Å². The molecule has 1 N–H and O–H groups in total. The summed E-state index contributed by atoms with van der Waals surface area (Å²) in [5.41, 5.74) is 2.29. The lowest BCUT2D eigenvalue weighted by molar-refractivity contribution is -0.133. The molecule has 1 aromatic rings. The molecule has 2 heterocycles. The van der Waals surface area contributed by atoms with Crippen molar-refractivity contribution in [2.45, 2.75) is 27.2 Å². The van der Waals surface area contributed by atoms with Crippen molar-refractivity contribution >= 4 is 23.4 Å². The number of aromatic nitrogens is 1. The first-order chi connectivity index (χ1) is 11.2. The van der Waals surface area contributed by atoms with Crippen LogP contribution in [0.1, 0.15) is 36.3 Å². The number of hydrogen-bond acceptors (Lipinski definition) is 3. The van der Waals surface area contributed by atoms with Crippen LogP contribution in [0.4, 0.5) is 0 Å². The Kier molecular flexibility index (Phi) is 4.00. The lowest BCUT2D eigenvalue weighted by Crippen LogP contribution is -2.29. The van der Waals surface area contributed by atoms with Gasteiger partial charge in [-0.05, 0) is 31.6 Å². The van der Waals surface area contributed by atoms with Crippen LogP contribution in [-0.4, -0.2) is 28.7 Å². The molecular weight excluding hydrogens is 326 g/mol. The van der Waals surface area contributed by atoms with Crippen LogP contribution in [0.2, 0.25) is 5.15 Å². The van der Waals surface area contributed by atoms with Gasteiger partial charge in [0.2, 0.25) is 5.91 Å². The Balaban J connectivity index is 1.82. The molecule has 6 heteroatoms. The van der Waals surface area contributed by atoms with Gasteiger partial charge in [0.25, 0.3) is 5.91 Å². The molecule has 1 fully saturated rings. The molecule has 1 aromatic heterocycles. The molecular formula is C18H20ClN3O2. The van der Waals surface area contributed by atoms with Crippen LogP contribution >= 0.6 is 11.6 Å². The Labute approximate surface area is 146 Å². The molecule has 24 heavy (non-hydrogen) atoms. The van der Waals surface area contributed by atoms with Gasteiger partial charge < -0.3 is 10.2 Å². The first-order valence-corrected chi connectivity index (χ1v) is 8.24. The Morgan fingerprint density at radius 2 is 2.12 bits per heavy atom. The van der Waals surface area contributed by atoms with Crippen LogP contribution in [0.3, 0.4) is 0 Å². The molecule has 0 spiro atoms. The number of pyridine rings is 1. The second-order valence-electron chi connectivity index (χ2n) is 6.85. The van der Waals surface area contributed by atoms with E-state index in [1.165, 1.54) is 0 Å². The van der Waals surface area contributed by atoms with Crippen molar-refractivity contribution in [3.8, 4) is 0 Å². The Morgan fingerprint density at radius 3 is 2.79 bits per heavy atom. The zero-order valence-electron chi connectivity index (χ0n) is 14.2. The van der Waals surface area contributed by atoms with Crippen molar-refractivity contribution < 1.29 is 9.59 Å². The molecule has 1 aliphatic heterocycles. The fourth-order valence-corrected chi connectivity index (χ4v) is 3.64. The van der Waals surface area contributed by atoms with Gasteiger partial charge in [0.05, 0.1) is 11.0 Å². The van der Waals surface area contributed by atoms with Gasteiger partial charge in [-0.25, -0.2) is 4.98 Å². The number of carbonyl (C=O) groups is 2. The summed E-state index contributed by atoms with van der Waals surface area (Å²) in [5.74, 6) is -0.0638. The van der Waals surface area contributed by atoms with Gasteiger partial charge in [-0.1, -0.05) is 31.5 Å². The molecule has 0 saturated carbocycles. The molecule has 126 valence electrons. The Bertz CT molecular complexity index is 795. The second kappa shape index (κ2) is 5.74. The van der Waals surface area contributed by atoms with E-state index in [1.54, 1.807) is 24.1 Å². The van der Waals surface area contributed by atoms with E-state index in [-0.39, 0.29) is 22.9 Å². The summed E-state index contributed by atoms with van der Waals surface area (Å²) in [6.07, 6.45) is 4.54. The smallest absolute Gasteiger partial charge is 0.258 e. The molecule has 2 amide bonds. The summed E-state index contributed by atoms with van der Waals surface area (Å²) in [7, 11) is 1.78. The highest BCUT2D eigenvalue weighted by atomic mass is 35.5. The molecule has 0 bridgehead atoms. The van der Waals surface area contributed by atoms with Crippen LogP contribution in [-0.2, 0) is 4.79 Å². The zero-order chi connectivity index (χ0) is 17.6. The van der Waals surface area contributed by atoms with E-state index in [1.807, 2.05) is 32.9 Å². The molecule has 1 unspecified atom stereocenters. The Hall–Kier alpha value is -2.14. The minimum absolute atomic E-state index is 0.102. The number of amides is 2. The van der Waals surface area contributed by atoms with E-state index >= 15 is 0 Å². The SMILES string of the molecule is Cc1ccc(C(=O)NC2=CCC3C(=C2)N(C)C(=O)C3(C)C)c(Cl)n1. The summed E-state index contributed by atoms with van der Waals surface area (Å²) in [6, 6.07) is 3.41. The maximum absolute atomic E-state index is 12.4. The number of halogens is 1. The minimum Gasteiger partial charge on any atom is -0.322 e. The van der Waals surface area contributed by atoms with Crippen molar-refractivity contribution in [3.63, 3.8) is 0 Å². The standard InChI is InChI=1S/C18H20ClN3O2/c1-10-5-7-12(15(19)20-10)16(23)21-11-6-8-13-14(9-11)22(4)17(24)18(13,2)3/h5-7,9,13H,8H2,1-4H3,(H,21,23). The number of allylic oxidation sites excluding steroid dienone is 3. The van der Waals surface area contributed by atoms with Gasteiger partial charge in [-0.15, -0.1) is 0 Å². The largest absolute Gasteiger partial charge is 0.322 e.